The topological polar surface area (TPSA) is 0 Å². The Labute approximate surface area is 95.9 Å². The molecule has 0 fully saturated rings. The molecule has 0 heterocycles. The zero-order valence-electron chi connectivity index (χ0n) is 9.33. The van der Waals surface area contributed by atoms with Crippen molar-refractivity contribution in [3.63, 3.8) is 0 Å². The van der Waals surface area contributed by atoms with E-state index in [1.54, 1.807) is 0 Å². The van der Waals surface area contributed by atoms with Gasteiger partial charge in [0.05, 0.1) is 0 Å². The molecule has 14 heavy (non-hydrogen) atoms. The van der Waals surface area contributed by atoms with Crippen molar-refractivity contribution in [2.45, 2.75) is 30.1 Å². The highest BCUT2D eigenvalue weighted by Gasteiger charge is 2.05. The first kappa shape index (κ1) is 12.0. The maximum atomic E-state index is 2.33. The molecule has 78 valence electrons. The zero-order chi connectivity index (χ0) is 10.6. The lowest BCUT2D eigenvalue weighted by atomic mass is 10.0. The summed E-state index contributed by atoms with van der Waals surface area (Å²) in [6.07, 6.45) is 5.47. The van der Waals surface area contributed by atoms with E-state index in [9.17, 15) is 0 Å². The van der Waals surface area contributed by atoms with Crippen LogP contribution in [-0.2, 0) is 6.42 Å². The Kier molecular flexibility index (Phi) is 4.90. The van der Waals surface area contributed by atoms with Gasteiger partial charge in [-0.3, -0.25) is 0 Å². The summed E-state index contributed by atoms with van der Waals surface area (Å²) in [6, 6.07) is 6.78. The molecule has 0 aromatic heterocycles. The molecule has 0 saturated carbocycles. The molecule has 0 aliphatic heterocycles. The van der Waals surface area contributed by atoms with Gasteiger partial charge in [-0.15, -0.1) is 23.5 Å². The van der Waals surface area contributed by atoms with Gasteiger partial charge >= 0.3 is 0 Å². The fourth-order valence-electron chi connectivity index (χ4n) is 1.48. The summed E-state index contributed by atoms with van der Waals surface area (Å²) < 4.78 is 0. The van der Waals surface area contributed by atoms with Crippen LogP contribution in [-0.4, -0.2) is 12.5 Å². The fourth-order valence-corrected chi connectivity index (χ4v) is 2.55. The lowest BCUT2D eigenvalue weighted by molar-refractivity contribution is 0.639. The van der Waals surface area contributed by atoms with Crippen LogP contribution in [0, 0.1) is 5.92 Å². The van der Waals surface area contributed by atoms with E-state index in [0.717, 1.165) is 5.92 Å². The first-order valence-corrected chi connectivity index (χ1v) is 7.33. The van der Waals surface area contributed by atoms with Crippen molar-refractivity contribution in [3.8, 4) is 0 Å². The van der Waals surface area contributed by atoms with Crippen molar-refractivity contribution < 1.29 is 0 Å². The summed E-state index contributed by atoms with van der Waals surface area (Å²) in [5.41, 5.74) is 1.50. The molecule has 1 aromatic rings. The predicted octanol–water partition coefficient (Wildman–Crippen LogP) is 4.33. The van der Waals surface area contributed by atoms with Crippen LogP contribution in [0.5, 0.6) is 0 Å². The van der Waals surface area contributed by atoms with Crippen molar-refractivity contribution in [1.82, 2.24) is 0 Å². The molecule has 1 rings (SSSR count). The molecule has 0 nitrogen and oxygen atoms in total. The van der Waals surface area contributed by atoms with Gasteiger partial charge < -0.3 is 0 Å². The number of benzene rings is 1. The van der Waals surface area contributed by atoms with Crippen molar-refractivity contribution in [2.75, 3.05) is 12.5 Å². The SMILES string of the molecule is CSc1ccc(SC)c(CC(C)C)c1. The van der Waals surface area contributed by atoms with Gasteiger partial charge in [0.15, 0.2) is 0 Å². The van der Waals surface area contributed by atoms with Gasteiger partial charge in [-0.1, -0.05) is 13.8 Å². The third kappa shape index (κ3) is 3.25. The smallest absolute Gasteiger partial charge is 0.0102 e. The van der Waals surface area contributed by atoms with Crippen molar-refractivity contribution >= 4 is 23.5 Å². The Morgan fingerprint density at radius 1 is 1.14 bits per heavy atom. The van der Waals surface area contributed by atoms with Crippen LogP contribution in [0.2, 0.25) is 0 Å². The average Bonchev–Trinajstić information content (AvgIpc) is 2.16. The van der Waals surface area contributed by atoms with Gasteiger partial charge in [0.1, 0.15) is 0 Å². The summed E-state index contributed by atoms with van der Waals surface area (Å²) in [4.78, 5) is 2.80. The quantitative estimate of drug-likeness (QED) is 0.701. The molecule has 1 aromatic carbocycles. The second-order valence-electron chi connectivity index (χ2n) is 3.78. The maximum Gasteiger partial charge on any atom is 0.0102 e. The molecule has 0 unspecified atom stereocenters. The van der Waals surface area contributed by atoms with Crippen LogP contribution in [0.3, 0.4) is 0 Å². The molecule has 0 aliphatic rings. The summed E-state index contributed by atoms with van der Waals surface area (Å²) in [6.45, 7) is 4.55. The standard InChI is InChI=1S/C12H18S2/c1-9(2)7-10-8-11(13-3)5-6-12(10)14-4/h5-6,8-9H,7H2,1-4H3. The van der Waals surface area contributed by atoms with E-state index < -0.39 is 0 Å². The van der Waals surface area contributed by atoms with Crippen LogP contribution >= 0.6 is 23.5 Å². The highest BCUT2D eigenvalue weighted by Crippen LogP contribution is 2.27. The lowest BCUT2D eigenvalue weighted by Gasteiger charge is -2.11. The average molecular weight is 226 g/mol. The van der Waals surface area contributed by atoms with Crippen LogP contribution in [0.1, 0.15) is 19.4 Å². The van der Waals surface area contributed by atoms with Gasteiger partial charge in [-0.2, -0.15) is 0 Å². The van der Waals surface area contributed by atoms with E-state index in [2.05, 4.69) is 44.6 Å². The van der Waals surface area contributed by atoms with E-state index in [4.69, 9.17) is 0 Å². The van der Waals surface area contributed by atoms with Crippen molar-refractivity contribution in [2.24, 2.45) is 5.92 Å². The van der Waals surface area contributed by atoms with Crippen LogP contribution < -0.4 is 0 Å². The van der Waals surface area contributed by atoms with E-state index in [1.165, 1.54) is 21.8 Å². The molecule has 0 aliphatic carbocycles. The molecular formula is C12H18S2. The van der Waals surface area contributed by atoms with Gasteiger partial charge in [0.2, 0.25) is 0 Å². The normalized spacial score (nSPS) is 10.9. The van der Waals surface area contributed by atoms with Crippen LogP contribution in [0.4, 0.5) is 0 Å². The Morgan fingerprint density at radius 2 is 1.86 bits per heavy atom. The minimum Gasteiger partial charge on any atom is -0.130 e. The van der Waals surface area contributed by atoms with Gasteiger partial charge in [0, 0.05) is 9.79 Å². The Morgan fingerprint density at radius 3 is 2.36 bits per heavy atom. The molecule has 0 amide bonds. The third-order valence-corrected chi connectivity index (χ3v) is 3.68. The summed E-state index contributed by atoms with van der Waals surface area (Å²) in [7, 11) is 0. The molecule has 0 N–H and O–H groups in total. The maximum absolute atomic E-state index is 2.33. The predicted molar refractivity (Wildman–Crippen MR) is 68.5 cm³/mol. The monoisotopic (exact) mass is 226 g/mol. The second-order valence-corrected chi connectivity index (χ2v) is 5.50. The Hall–Kier alpha value is -0.0800. The molecule has 0 spiro atoms. The summed E-state index contributed by atoms with van der Waals surface area (Å²) >= 11 is 3.67. The number of hydrogen-bond acceptors (Lipinski definition) is 2. The number of rotatable bonds is 4. The molecule has 0 radical (unpaired) electrons. The highest BCUT2D eigenvalue weighted by molar-refractivity contribution is 7.99. The fraction of sp³-hybridized carbons (Fsp3) is 0.500. The van der Waals surface area contributed by atoms with Gasteiger partial charge in [-0.05, 0) is 48.6 Å². The largest absolute Gasteiger partial charge is 0.130 e. The minimum atomic E-state index is 0.734. The molecule has 2 heteroatoms. The summed E-state index contributed by atoms with van der Waals surface area (Å²) in [5.74, 6) is 0.734. The highest BCUT2D eigenvalue weighted by atomic mass is 32.2. The minimum absolute atomic E-state index is 0.734. The Balaban J connectivity index is 2.96. The Bertz CT molecular complexity index is 292. The van der Waals surface area contributed by atoms with Crippen molar-refractivity contribution in [3.05, 3.63) is 23.8 Å². The van der Waals surface area contributed by atoms with Crippen molar-refractivity contribution in [1.29, 1.82) is 0 Å². The van der Waals surface area contributed by atoms with Crippen LogP contribution in [0.25, 0.3) is 0 Å². The van der Waals surface area contributed by atoms with Gasteiger partial charge in [-0.25, -0.2) is 0 Å². The lowest BCUT2D eigenvalue weighted by Crippen LogP contribution is -1.96. The first-order chi connectivity index (χ1) is 6.67. The zero-order valence-corrected chi connectivity index (χ0v) is 11.0. The van der Waals surface area contributed by atoms with E-state index in [1.807, 2.05) is 23.5 Å². The van der Waals surface area contributed by atoms with Gasteiger partial charge in [0.25, 0.3) is 0 Å². The molecular weight excluding hydrogens is 208 g/mol. The molecule has 0 bridgehead atoms. The second kappa shape index (κ2) is 5.72. The molecule has 0 saturated heterocycles. The summed E-state index contributed by atoms with van der Waals surface area (Å²) in [5, 5.41) is 0. The molecule has 0 atom stereocenters. The van der Waals surface area contributed by atoms with Crippen LogP contribution in [0.15, 0.2) is 28.0 Å². The third-order valence-electron chi connectivity index (χ3n) is 2.12. The number of thioether (sulfide) groups is 2. The number of hydrogen-bond donors (Lipinski definition) is 0. The first-order valence-electron chi connectivity index (χ1n) is 4.88. The van der Waals surface area contributed by atoms with E-state index >= 15 is 0 Å². The van der Waals surface area contributed by atoms with E-state index in [-0.39, 0.29) is 0 Å². The van der Waals surface area contributed by atoms with E-state index in [0.29, 0.717) is 0 Å².